The Morgan fingerprint density at radius 1 is 1.45 bits per heavy atom. The third-order valence-corrected chi connectivity index (χ3v) is 0.708. The van der Waals surface area contributed by atoms with Gasteiger partial charge in [0.2, 0.25) is 0 Å². The molecule has 0 aliphatic rings. The predicted molar refractivity (Wildman–Crippen MR) is 43.3 cm³/mol. The molecule has 0 radical (unpaired) electrons. The standard InChI is InChI=1S/C7H8O3.K.H/c1-4-6(8)10-7(9)5(2)3;;/h4H,1-2H2,3H3;;. The fraction of sp³-hybridized carbons (Fsp3) is 0.143. The van der Waals surface area contributed by atoms with Gasteiger partial charge in [0.1, 0.15) is 0 Å². The molecule has 0 aromatic carbocycles. The van der Waals surface area contributed by atoms with Gasteiger partial charge in [0, 0.05) is 11.6 Å². The monoisotopic (exact) mass is 180 g/mol. The second kappa shape index (κ2) is 6.94. The zero-order valence-electron chi connectivity index (χ0n) is 5.72. The second-order valence-electron chi connectivity index (χ2n) is 1.69. The first-order valence-electron chi connectivity index (χ1n) is 2.62. The van der Waals surface area contributed by atoms with Crippen LogP contribution in [0.15, 0.2) is 24.8 Å². The van der Waals surface area contributed by atoms with Gasteiger partial charge in [0.05, 0.1) is 0 Å². The van der Waals surface area contributed by atoms with Crippen LogP contribution in [0.25, 0.3) is 0 Å². The number of ether oxygens (including phenoxy) is 1. The summed E-state index contributed by atoms with van der Waals surface area (Å²) in [6.07, 6.45) is 0.918. The molecular weight excluding hydrogens is 171 g/mol. The summed E-state index contributed by atoms with van der Waals surface area (Å²) in [5.41, 5.74) is 0.190. The van der Waals surface area contributed by atoms with E-state index in [4.69, 9.17) is 0 Å². The van der Waals surface area contributed by atoms with Crippen molar-refractivity contribution in [3.63, 3.8) is 0 Å². The average molecular weight is 180 g/mol. The van der Waals surface area contributed by atoms with Gasteiger partial charge in [0.25, 0.3) is 0 Å². The molecule has 0 atom stereocenters. The van der Waals surface area contributed by atoms with E-state index in [1.807, 2.05) is 0 Å². The van der Waals surface area contributed by atoms with Gasteiger partial charge in [-0.3, -0.25) is 0 Å². The van der Waals surface area contributed by atoms with Gasteiger partial charge in [-0.15, -0.1) is 0 Å². The third kappa shape index (κ3) is 6.65. The molecule has 0 amide bonds. The molecule has 11 heavy (non-hydrogen) atoms. The molecule has 0 saturated heterocycles. The molecule has 0 fully saturated rings. The zero-order valence-corrected chi connectivity index (χ0v) is 5.72. The molecule has 0 rings (SSSR count). The Morgan fingerprint density at radius 3 is 2.18 bits per heavy atom. The topological polar surface area (TPSA) is 43.4 Å². The van der Waals surface area contributed by atoms with Crippen LogP contribution in [-0.4, -0.2) is 63.3 Å². The van der Waals surface area contributed by atoms with Gasteiger partial charge in [-0.1, -0.05) is 13.2 Å². The number of carbonyl (C=O) groups excluding carboxylic acids is 2. The molecule has 0 heterocycles. The van der Waals surface area contributed by atoms with Crippen LogP contribution in [0.1, 0.15) is 6.92 Å². The van der Waals surface area contributed by atoms with E-state index in [2.05, 4.69) is 17.9 Å². The van der Waals surface area contributed by atoms with E-state index in [0.717, 1.165) is 6.08 Å². The molecule has 4 heteroatoms. The van der Waals surface area contributed by atoms with Crippen molar-refractivity contribution < 1.29 is 14.3 Å². The van der Waals surface area contributed by atoms with Gasteiger partial charge in [-0.2, -0.15) is 0 Å². The Hall–Kier alpha value is 0.256. The summed E-state index contributed by atoms with van der Waals surface area (Å²) in [6.45, 7) is 7.85. The summed E-state index contributed by atoms with van der Waals surface area (Å²) in [5.74, 6) is -1.47. The van der Waals surface area contributed by atoms with Crippen molar-refractivity contribution in [3.8, 4) is 0 Å². The molecular formula is C7H9KO3. The summed E-state index contributed by atoms with van der Waals surface area (Å²) >= 11 is 0. The number of esters is 2. The Morgan fingerprint density at radius 2 is 1.91 bits per heavy atom. The van der Waals surface area contributed by atoms with Crippen LogP contribution in [0.5, 0.6) is 0 Å². The molecule has 0 unspecified atom stereocenters. The second-order valence-corrected chi connectivity index (χ2v) is 1.69. The Labute approximate surface area is 108 Å². The van der Waals surface area contributed by atoms with Crippen LogP contribution in [0.4, 0.5) is 0 Å². The van der Waals surface area contributed by atoms with Gasteiger partial charge in [-0.05, 0) is 6.92 Å². The van der Waals surface area contributed by atoms with E-state index in [1.165, 1.54) is 6.92 Å². The zero-order chi connectivity index (χ0) is 8.15. The van der Waals surface area contributed by atoms with Crippen LogP contribution in [-0.2, 0) is 14.3 Å². The first-order valence-corrected chi connectivity index (χ1v) is 2.62. The maximum atomic E-state index is 10.5. The predicted octanol–water partition coefficient (Wildman–Crippen LogP) is 0.170. The number of hydrogen-bond acceptors (Lipinski definition) is 3. The van der Waals surface area contributed by atoms with Crippen molar-refractivity contribution in [1.29, 1.82) is 0 Å². The maximum absolute atomic E-state index is 10.5. The van der Waals surface area contributed by atoms with Crippen LogP contribution in [0, 0.1) is 0 Å². The molecule has 56 valence electrons. The Kier molecular flexibility index (Phi) is 8.71. The van der Waals surface area contributed by atoms with Gasteiger partial charge < -0.3 is 4.74 Å². The summed E-state index contributed by atoms with van der Waals surface area (Å²) in [5, 5.41) is 0. The summed E-state index contributed by atoms with van der Waals surface area (Å²) in [7, 11) is 0. The van der Waals surface area contributed by atoms with Gasteiger partial charge in [-0.25, -0.2) is 9.59 Å². The van der Waals surface area contributed by atoms with Crippen molar-refractivity contribution in [3.05, 3.63) is 24.8 Å². The summed E-state index contributed by atoms with van der Waals surface area (Å²) in [6, 6.07) is 0. The van der Waals surface area contributed by atoms with Crippen molar-refractivity contribution >= 4 is 63.3 Å². The Balaban J connectivity index is 0. The summed E-state index contributed by atoms with van der Waals surface area (Å²) < 4.78 is 4.17. The molecule has 3 nitrogen and oxygen atoms in total. The minimum absolute atomic E-state index is 0. The number of carbonyl (C=O) groups is 2. The molecule has 0 N–H and O–H groups in total. The molecule has 0 spiro atoms. The van der Waals surface area contributed by atoms with E-state index in [0.29, 0.717) is 0 Å². The first kappa shape index (κ1) is 13.8. The van der Waals surface area contributed by atoms with Crippen LogP contribution in [0.2, 0.25) is 0 Å². The average Bonchev–Trinajstić information content (AvgIpc) is 1.87. The fourth-order valence-corrected chi connectivity index (χ4v) is 0.220. The molecule has 0 aromatic heterocycles. The normalized spacial score (nSPS) is 7.36. The van der Waals surface area contributed by atoms with Crippen LogP contribution in [0.3, 0.4) is 0 Å². The van der Waals surface area contributed by atoms with Gasteiger partial charge in [0.15, 0.2) is 0 Å². The summed E-state index contributed by atoms with van der Waals surface area (Å²) in [4.78, 5) is 20.8. The van der Waals surface area contributed by atoms with Crippen LogP contribution < -0.4 is 0 Å². The molecule has 0 aliphatic carbocycles. The van der Waals surface area contributed by atoms with Crippen molar-refractivity contribution in [2.75, 3.05) is 0 Å². The SMILES string of the molecule is C=CC(=O)OC(=O)C(=C)C.[KH]. The third-order valence-electron chi connectivity index (χ3n) is 0.708. The minimum atomic E-state index is -0.756. The van der Waals surface area contributed by atoms with E-state index >= 15 is 0 Å². The molecule has 0 bridgehead atoms. The Bertz CT molecular complexity index is 196. The van der Waals surface area contributed by atoms with E-state index in [1.54, 1.807) is 0 Å². The van der Waals surface area contributed by atoms with E-state index < -0.39 is 11.9 Å². The van der Waals surface area contributed by atoms with E-state index in [-0.39, 0.29) is 57.0 Å². The quantitative estimate of drug-likeness (QED) is 0.263. The van der Waals surface area contributed by atoms with Crippen molar-refractivity contribution in [2.45, 2.75) is 6.92 Å². The first-order chi connectivity index (χ1) is 4.57. The number of hydrogen-bond donors (Lipinski definition) is 0. The number of rotatable bonds is 2. The fourth-order valence-electron chi connectivity index (χ4n) is 0.220. The van der Waals surface area contributed by atoms with Crippen LogP contribution >= 0.6 is 0 Å². The van der Waals surface area contributed by atoms with E-state index in [9.17, 15) is 9.59 Å². The van der Waals surface area contributed by atoms with Crippen molar-refractivity contribution in [1.82, 2.24) is 0 Å². The van der Waals surface area contributed by atoms with Crippen molar-refractivity contribution in [2.24, 2.45) is 0 Å². The molecule has 0 saturated carbocycles. The molecule has 0 aromatic rings. The molecule has 0 aliphatic heterocycles. The van der Waals surface area contributed by atoms with Gasteiger partial charge >= 0.3 is 63.3 Å².